The van der Waals surface area contributed by atoms with Gasteiger partial charge in [0.15, 0.2) is 5.17 Å². The summed E-state index contributed by atoms with van der Waals surface area (Å²) in [4.78, 5) is 16.2. The van der Waals surface area contributed by atoms with Crippen LogP contribution in [0.3, 0.4) is 0 Å². The highest BCUT2D eigenvalue weighted by atomic mass is 35.5. The fourth-order valence-electron chi connectivity index (χ4n) is 2.31. The van der Waals surface area contributed by atoms with Crippen LogP contribution in [0.4, 0.5) is 5.69 Å². The van der Waals surface area contributed by atoms with Gasteiger partial charge in [0.25, 0.3) is 10.0 Å². The molecule has 0 fully saturated rings. The van der Waals surface area contributed by atoms with Gasteiger partial charge >= 0.3 is 0 Å². The van der Waals surface area contributed by atoms with Crippen molar-refractivity contribution in [2.24, 2.45) is 4.99 Å². The lowest BCUT2D eigenvalue weighted by molar-refractivity contribution is -0.119. The number of amidine groups is 1. The third kappa shape index (κ3) is 5.38. The number of thioether (sulfide) groups is 1. The Morgan fingerprint density at radius 1 is 1.11 bits per heavy atom. The third-order valence-corrected chi connectivity index (χ3v) is 6.61. The second-order valence-electron chi connectivity index (χ2n) is 5.64. The fraction of sp³-hybridized carbons (Fsp3) is 0.176. The average molecular weight is 444 g/mol. The normalized spacial score (nSPS) is 13.9. The standard InChI is InChI=1S/C17H15Cl2N3O3S2/c18-14-6-5-13(10-15(14)19)27(24,25)22-12-3-1-11(2-4-12)9-16(23)21-17-20-7-8-26-17/h1-6,10,22H,7-9H2,(H,20,21,23). The number of nitrogens with one attached hydrogen (secondary N) is 2. The molecular weight excluding hydrogens is 429 g/mol. The first-order chi connectivity index (χ1) is 12.8. The predicted octanol–water partition coefficient (Wildman–Crippen LogP) is 3.56. The van der Waals surface area contributed by atoms with Crippen molar-refractivity contribution in [1.29, 1.82) is 0 Å². The van der Waals surface area contributed by atoms with E-state index in [2.05, 4.69) is 15.0 Å². The van der Waals surface area contributed by atoms with Crippen LogP contribution in [0.2, 0.25) is 10.0 Å². The quantitative estimate of drug-likeness (QED) is 0.739. The lowest BCUT2D eigenvalue weighted by Crippen LogP contribution is -2.28. The van der Waals surface area contributed by atoms with Gasteiger partial charge in [0.05, 0.1) is 27.9 Å². The number of amides is 1. The molecule has 142 valence electrons. The molecule has 0 unspecified atom stereocenters. The zero-order valence-corrected chi connectivity index (χ0v) is 17.1. The van der Waals surface area contributed by atoms with E-state index in [0.717, 1.165) is 11.3 Å². The number of benzene rings is 2. The number of carbonyl (C=O) groups is 1. The topological polar surface area (TPSA) is 87.6 Å². The molecule has 0 bridgehead atoms. The summed E-state index contributed by atoms with van der Waals surface area (Å²) in [7, 11) is -3.80. The van der Waals surface area contributed by atoms with Crippen LogP contribution in [-0.4, -0.2) is 31.8 Å². The van der Waals surface area contributed by atoms with E-state index < -0.39 is 10.0 Å². The first-order valence-electron chi connectivity index (χ1n) is 7.87. The summed E-state index contributed by atoms with van der Waals surface area (Å²) in [6.45, 7) is 0.716. The molecule has 2 N–H and O–H groups in total. The summed E-state index contributed by atoms with van der Waals surface area (Å²) in [6.07, 6.45) is 0.180. The molecule has 0 aliphatic carbocycles. The highest BCUT2D eigenvalue weighted by Gasteiger charge is 2.16. The van der Waals surface area contributed by atoms with Crippen molar-refractivity contribution in [3.05, 3.63) is 58.1 Å². The number of anilines is 1. The number of sulfonamides is 1. The molecule has 2 aromatic rings. The van der Waals surface area contributed by atoms with Crippen molar-refractivity contribution in [3.63, 3.8) is 0 Å². The highest BCUT2D eigenvalue weighted by Crippen LogP contribution is 2.26. The van der Waals surface area contributed by atoms with Crippen LogP contribution < -0.4 is 10.0 Å². The van der Waals surface area contributed by atoms with Gasteiger partial charge in [0, 0.05) is 11.4 Å². The SMILES string of the molecule is O=C(Cc1ccc(NS(=O)(=O)c2ccc(Cl)c(Cl)c2)cc1)NC1=NCCS1. The second kappa shape index (κ2) is 8.52. The van der Waals surface area contributed by atoms with Gasteiger partial charge in [0.2, 0.25) is 5.91 Å². The van der Waals surface area contributed by atoms with Crippen molar-refractivity contribution in [3.8, 4) is 0 Å². The van der Waals surface area contributed by atoms with Crippen molar-refractivity contribution in [2.75, 3.05) is 17.0 Å². The number of rotatable bonds is 5. The first kappa shape index (κ1) is 20.0. The van der Waals surface area contributed by atoms with E-state index in [1.54, 1.807) is 24.3 Å². The Hall–Kier alpha value is -1.74. The minimum Gasteiger partial charge on any atom is -0.305 e. The van der Waals surface area contributed by atoms with Gasteiger partial charge in [-0.2, -0.15) is 0 Å². The van der Waals surface area contributed by atoms with E-state index in [1.165, 1.54) is 30.0 Å². The Balaban J connectivity index is 1.64. The average Bonchev–Trinajstić information content (AvgIpc) is 3.11. The van der Waals surface area contributed by atoms with Gasteiger partial charge in [-0.3, -0.25) is 14.5 Å². The first-order valence-corrected chi connectivity index (χ1v) is 11.1. The summed E-state index contributed by atoms with van der Waals surface area (Å²) in [6, 6.07) is 10.7. The maximum absolute atomic E-state index is 12.4. The Labute approximate surface area is 171 Å². The molecule has 1 aliphatic rings. The lowest BCUT2D eigenvalue weighted by Gasteiger charge is -2.10. The van der Waals surface area contributed by atoms with Crippen LogP contribution in [0.1, 0.15) is 5.56 Å². The van der Waals surface area contributed by atoms with Crippen LogP contribution in [0.5, 0.6) is 0 Å². The molecule has 0 radical (unpaired) electrons. The van der Waals surface area contributed by atoms with Crippen LogP contribution in [0.25, 0.3) is 0 Å². The van der Waals surface area contributed by atoms with Gasteiger partial charge in [-0.05, 0) is 35.9 Å². The van der Waals surface area contributed by atoms with Gasteiger partial charge in [-0.15, -0.1) is 0 Å². The Bertz CT molecular complexity index is 993. The highest BCUT2D eigenvalue weighted by molar-refractivity contribution is 8.14. The number of hydrogen-bond acceptors (Lipinski definition) is 5. The molecule has 3 rings (SSSR count). The number of carbonyl (C=O) groups excluding carboxylic acids is 1. The summed E-state index contributed by atoms with van der Waals surface area (Å²) in [5, 5.41) is 3.83. The van der Waals surface area contributed by atoms with E-state index in [1.807, 2.05) is 0 Å². The molecule has 6 nitrogen and oxygen atoms in total. The number of nitrogens with zero attached hydrogens (tertiary/aromatic N) is 1. The molecule has 0 aromatic heterocycles. The van der Waals surface area contributed by atoms with E-state index >= 15 is 0 Å². The van der Waals surface area contributed by atoms with Crippen molar-refractivity contribution < 1.29 is 13.2 Å². The van der Waals surface area contributed by atoms with Crippen molar-refractivity contribution in [1.82, 2.24) is 5.32 Å². The van der Waals surface area contributed by atoms with Crippen LogP contribution in [-0.2, 0) is 21.2 Å². The molecule has 0 spiro atoms. The molecule has 0 atom stereocenters. The van der Waals surface area contributed by atoms with E-state index in [0.29, 0.717) is 17.4 Å². The maximum Gasteiger partial charge on any atom is 0.261 e. The van der Waals surface area contributed by atoms with Gasteiger partial charge in [-0.25, -0.2) is 8.42 Å². The molecule has 27 heavy (non-hydrogen) atoms. The van der Waals surface area contributed by atoms with Gasteiger partial charge in [0.1, 0.15) is 0 Å². The number of hydrogen-bond donors (Lipinski definition) is 2. The van der Waals surface area contributed by atoms with Crippen molar-refractivity contribution >= 4 is 61.7 Å². The van der Waals surface area contributed by atoms with Crippen LogP contribution in [0, 0.1) is 0 Å². The predicted molar refractivity (Wildman–Crippen MR) is 110 cm³/mol. The molecular formula is C17H15Cl2N3O3S2. The number of halogens is 2. The molecule has 0 saturated heterocycles. The summed E-state index contributed by atoms with van der Waals surface area (Å²) >= 11 is 13.2. The zero-order valence-electron chi connectivity index (χ0n) is 13.9. The van der Waals surface area contributed by atoms with Crippen LogP contribution >= 0.6 is 35.0 Å². The lowest BCUT2D eigenvalue weighted by atomic mass is 10.1. The second-order valence-corrected chi connectivity index (χ2v) is 9.22. The minimum absolute atomic E-state index is 0.00944. The Morgan fingerprint density at radius 3 is 2.48 bits per heavy atom. The number of aliphatic imine (C=N–C) groups is 1. The minimum atomic E-state index is -3.80. The van der Waals surface area contributed by atoms with Gasteiger partial charge in [-0.1, -0.05) is 47.1 Å². The summed E-state index contributed by atoms with van der Waals surface area (Å²) < 4.78 is 27.3. The van der Waals surface area contributed by atoms with E-state index in [-0.39, 0.29) is 27.3 Å². The molecule has 10 heteroatoms. The molecule has 0 saturated carbocycles. The van der Waals surface area contributed by atoms with Gasteiger partial charge < -0.3 is 5.32 Å². The van der Waals surface area contributed by atoms with Crippen LogP contribution in [0.15, 0.2) is 52.4 Å². The summed E-state index contributed by atoms with van der Waals surface area (Å²) in [5.74, 6) is 0.718. The fourth-order valence-corrected chi connectivity index (χ4v) is 4.50. The maximum atomic E-state index is 12.4. The molecule has 1 amide bonds. The molecule has 2 aromatic carbocycles. The summed E-state index contributed by atoms with van der Waals surface area (Å²) in [5.41, 5.74) is 1.13. The van der Waals surface area contributed by atoms with Crippen molar-refractivity contribution in [2.45, 2.75) is 11.3 Å². The Kier molecular flexibility index (Phi) is 6.31. The Morgan fingerprint density at radius 2 is 1.85 bits per heavy atom. The molecule has 1 heterocycles. The third-order valence-electron chi connectivity index (χ3n) is 3.60. The van der Waals surface area contributed by atoms with E-state index in [9.17, 15) is 13.2 Å². The molecule has 1 aliphatic heterocycles. The zero-order chi connectivity index (χ0) is 19.4. The largest absolute Gasteiger partial charge is 0.305 e. The van der Waals surface area contributed by atoms with E-state index in [4.69, 9.17) is 23.2 Å². The monoisotopic (exact) mass is 443 g/mol. The smallest absolute Gasteiger partial charge is 0.261 e.